The molecule has 3 N–H and O–H groups in total. The molecule has 2 amide bonds. The molecule has 0 radical (unpaired) electrons. The second kappa shape index (κ2) is 14.9. The van der Waals surface area contributed by atoms with Gasteiger partial charge in [0.25, 0.3) is 0 Å². The predicted molar refractivity (Wildman–Crippen MR) is 169 cm³/mol. The van der Waals surface area contributed by atoms with Gasteiger partial charge in [0.1, 0.15) is 0 Å². The number of nitrogens with zero attached hydrogens (tertiary/aromatic N) is 6. The predicted octanol–water partition coefficient (Wildman–Crippen LogP) is -0.322. The van der Waals surface area contributed by atoms with E-state index in [-0.39, 0.29) is 23.5 Å². The number of likely N-dealkylation sites (N-methyl/N-ethyl adjacent to an activating group) is 1. The van der Waals surface area contributed by atoms with Gasteiger partial charge in [-0.05, 0) is 7.05 Å². The van der Waals surface area contributed by atoms with Crippen LogP contribution in [0.15, 0.2) is 30.9 Å². The van der Waals surface area contributed by atoms with E-state index >= 15 is 0 Å². The van der Waals surface area contributed by atoms with Crippen LogP contribution in [0, 0.1) is 10.6 Å². The van der Waals surface area contributed by atoms with Gasteiger partial charge in [0.05, 0.1) is 0 Å². The number of carbonyl (C=O) groups is 2. The number of primary amides is 1. The first-order valence-electron chi connectivity index (χ1n) is 15.7. The minimum atomic E-state index is -0.631. The third kappa shape index (κ3) is 7.81. The van der Waals surface area contributed by atoms with Gasteiger partial charge in [-0.25, -0.2) is 0 Å². The van der Waals surface area contributed by atoms with Crippen LogP contribution >= 0.6 is 0 Å². The Morgan fingerprint density at radius 1 is 1.11 bits per heavy atom. The Hall–Kier alpha value is -2.97. The van der Waals surface area contributed by atoms with Crippen LogP contribution in [-0.4, -0.2) is 112 Å². The number of anilines is 3. The van der Waals surface area contributed by atoms with Crippen molar-refractivity contribution in [3.8, 4) is 5.88 Å². The molecule has 0 spiro atoms. The van der Waals surface area contributed by atoms with Crippen molar-refractivity contribution >= 4 is 29.0 Å². The first kappa shape index (κ1) is 32.4. The van der Waals surface area contributed by atoms with Gasteiger partial charge < -0.3 is 4.90 Å². The van der Waals surface area contributed by atoms with Gasteiger partial charge in [-0.3, -0.25) is 4.90 Å². The number of benzene rings is 1. The topological polar surface area (TPSA) is 120 Å². The van der Waals surface area contributed by atoms with Crippen molar-refractivity contribution in [2.45, 2.75) is 51.7 Å². The van der Waals surface area contributed by atoms with Gasteiger partial charge >= 0.3 is 223 Å². The summed E-state index contributed by atoms with van der Waals surface area (Å²) in [6, 6.07) is 6.92. The standard InChI is InChI=1S/C32H46IN8O3/c1-5-12-33-29-32(44-25-11-15-41(21-25)27(42)6-2)37-31(28(36-29)30(34)43)35-23-7-8-26(22(3)20-23)40-13-9-24(10-14-40)39-18-16-38(4)17-19-39/h6-8,20,24-25H,2,5,9-19,21H2,1,3-4H3,(H2,34,43)(H,35,37)/q-1/t25-/m1/s1. The molecule has 240 valence electrons. The van der Waals surface area contributed by atoms with E-state index in [0.717, 1.165) is 48.3 Å². The number of aromatic nitrogens is 2. The Morgan fingerprint density at radius 2 is 1.86 bits per heavy atom. The number of carbonyl (C=O) groups excluding carboxylic acids is 2. The molecule has 2 aromatic rings. The molecule has 11 nitrogen and oxygen atoms in total. The van der Waals surface area contributed by atoms with Gasteiger partial charge in [-0.2, -0.15) is 0 Å². The number of piperidine rings is 1. The maximum atomic E-state index is 12.5. The zero-order valence-electron chi connectivity index (χ0n) is 26.2. The van der Waals surface area contributed by atoms with Crippen molar-refractivity contribution < 1.29 is 35.5 Å². The van der Waals surface area contributed by atoms with E-state index in [2.05, 4.69) is 59.6 Å². The normalized spacial score (nSPS) is 20.2. The van der Waals surface area contributed by atoms with Gasteiger partial charge in [0.15, 0.2) is 0 Å². The quantitative estimate of drug-likeness (QED) is 0.183. The Bertz CT molecular complexity index is 1340. The van der Waals surface area contributed by atoms with Crippen LogP contribution in [0.4, 0.5) is 17.2 Å². The summed E-state index contributed by atoms with van der Waals surface area (Å²) in [4.78, 5) is 43.4. The van der Waals surface area contributed by atoms with Crippen molar-refractivity contribution in [1.82, 2.24) is 24.7 Å². The Morgan fingerprint density at radius 3 is 2.52 bits per heavy atom. The number of hydrogen-bond donors (Lipinski definition) is 2. The minimum absolute atomic E-state index is 0.106. The third-order valence-corrected chi connectivity index (χ3v) is 11.7. The summed E-state index contributed by atoms with van der Waals surface area (Å²) in [7, 11) is 2.21. The van der Waals surface area contributed by atoms with E-state index in [4.69, 9.17) is 20.4 Å². The van der Waals surface area contributed by atoms with Gasteiger partial charge in [0, 0.05) is 32.2 Å². The van der Waals surface area contributed by atoms with Crippen LogP contribution in [0.1, 0.15) is 48.7 Å². The number of aryl methyl sites for hydroxylation is 1. The summed E-state index contributed by atoms with van der Waals surface area (Å²) in [5, 5.41) is 3.31. The van der Waals surface area contributed by atoms with E-state index in [1.165, 1.54) is 37.7 Å². The second-order valence-corrected chi connectivity index (χ2v) is 14.8. The van der Waals surface area contributed by atoms with E-state index in [1.807, 2.05) is 6.07 Å². The molecule has 0 unspecified atom stereocenters. The fourth-order valence-electron chi connectivity index (χ4n) is 6.20. The van der Waals surface area contributed by atoms with Crippen LogP contribution in [0.5, 0.6) is 5.88 Å². The molecule has 1 aromatic carbocycles. The summed E-state index contributed by atoms with van der Waals surface area (Å²) in [5.41, 5.74) is 9.10. The number of nitrogens with two attached hydrogens (primary N) is 1. The Labute approximate surface area is 271 Å². The van der Waals surface area contributed by atoms with Crippen LogP contribution in [-0.2, 0) is 4.79 Å². The second-order valence-electron chi connectivity index (χ2n) is 11.9. The molecule has 5 rings (SSSR count). The zero-order valence-corrected chi connectivity index (χ0v) is 28.4. The SMILES string of the molecule is C=CC(=O)N1CC[C@@H](Oc2nc(Nc3ccc(N4CCC(N5CCN(C)CC5)CC4)c(C)c3)c(C(N)=O)nc2[I-]CCC)C1. The van der Waals surface area contributed by atoms with E-state index in [9.17, 15) is 9.59 Å². The first-order valence-corrected chi connectivity index (χ1v) is 18.3. The third-order valence-electron chi connectivity index (χ3n) is 8.70. The maximum absolute atomic E-state index is 12.5. The molecule has 0 bridgehead atoms. The fourth-order valence-corrected chi connectivity index (χ4v) is 8.24. The summed E-state index contributed by atoms with van der Waals surface area (Å²) in [5.74, 6) is -0.0268. The van der Waals surface area contributed by atoms with Crippen LogP contribution in [0.3, 0.4) is 0 Å². The molecular formula is C32H46IN8O3-. The number of rotatable bonds is 11. The van der Waals surface area contributed by atoms with Gasteiger partial charge in [-0.15, -0.1) is 0 Å². The van der Waals surface area contributed by atoms with Crippen LogP contribution in [0.25, 0.3) is 0 Å². The molecule has 1 atom stereocenters. The number of hydrogen-bond acceptors (Lipinski definition) is 9. The number of nitrogens with one attached hydrogen (secondary N) is 1. The molecular weight excluding hydrogens is 671 g/mol. The average Bonchev–Trinajstić information content (AvgIpc) is 3.49. The van der Waals surface area contributed by atoms with Crippen molar-refractivity contribution in [2.75, 3.05) is 74.0 Å². The van der Waals surface area contributed by atoms with Crippen molar-refractivity contribution in [1.29, 1.82) is 0 Å². The molecule has 44 heavy (non-hydrogen) atoms. The first-order chi connectivity index (χ1) is 21.2. The number of amides is 2. The number of likely N-dealkylation sites (tertiary alicyclic amines) is 1. The summed E-state index contributed by atoms with van der Waals surface area (Å²) >= 11 is -0.529. The molecule has 3 aliphatic rings. The van der Waals surface area contributed by atoms with Crippen molar-refractivity contribution in [3.63, 3.8) is 0 Å². The number of halogens is 1. The Kier molecular flexibility index (Phi) is 11.0. The summed E-state index contributed by atoms with van der Waals surface area (Å²) in [6.45, 7) is 15.6. The number of alkyl halides is 1. The van der Waals surface area contributed by atoms with E-state index < -0.39 is 27.1 Å². The number of ether oxygens (including phenoxy) is 1. The Balaban J connectivity index is 1.30. The van der Waals surface area contributed by atoms with Gasteiger partial charge in [0.2, 0.25) is 0 Å². The fraction of sp³-hybridized carbons (Fsp3) is 0.562. The summed E-state index contributed by atoms with van der Waals surface area (Å²) < 4.78 is 8.04. The van der Waals surface area contributed by atoms with Crippen molar-refractivity contribution in [2.24, 2.45) is 5.73 Å². The molecule has 3 saturated heterocycles. The molecule has 3 aliphatic heterocycles. The molecule has 1 aromatic heterocycles. The average molecular weight is 718 g/mol. The molecule has 0 saturated carbocycles. The van der Waals surface area contributed by atoms with Crippen LogP contribution < -0.4 is 41.9 Å². The summed E-state index contributed by atoms with van der Waals surface area (Å²) in [6.07, 6.45) is 5.18. The zero-order chi connectivity index (χ0) is 31.2. The molecule has 12 heteroatoms. The van der Waals surface area contributed by atoms with Gasteiger partial charge in [-0.1, -0.05) is 0 Å². The van der Waals surface area contributed by atoms with E-state index in [0.29, 0.717) is 35.1 Å². The number of piperazine rings is 1. The molecule has 0 aliphatic carbocycles. The van der Waals surface area contributed by atoms with Crippen molar-refractivity contribution in [3.05, 3.63) is 45.8 Å². The monoisotopic (exact) mass is 717 g/mol. The van der Waals surface area contributed by atoms with E-state index in [1.54, 1.807) is 4.90 Å². The molecule has 4 heterocycles. The molecule has 3 fully saturated rings. The van der Waals surface area contributed by atoms with Crippen LogP contribution in [0.2, 0.25) is 0 Å².